The van der Waals surface area contributed by atoms with Crippen LogP contribution in [-0.4, -0.2) is 43.9 Å². The van der Waals surface area contributed by atoms with Crippen molar-refractivity contribution >= 4 is 45.8 Å². The number of hydrogen-bond donors (Lipinski definition) is 1. The summed E-state index contributed by atoms with van der Waals surface area (Å²) in [5.74, 6) is -0.763. The van der Waals surface area contributed by atoms with Crippen LogP contribution in [0.4, 0.5) is 0 Å². The second-order valence-electron chi connectivity index (χ2n) is 4.53. The maximum atomic E-state index is 11.0. The third-order valence-electron chi connectivity index (χ3n) is 2.69. The predicted octanol–water partition coefficient (Wildman–Crippen LogP) is 2.01. The minimum absolute atomic E-state index is 0. The van der Waals surface area contributed by atoms with Gasteiger partial charge in [-0.1, -0.05) is 58.3 Å². The van der Waals surface area contributed by atoms with E-state index in [-0.39, 0.29) is 36.0 Å². The van der Waals surface area contributed by atoms with Gasteiger partial charge in [-0.05, 0) is 6.42 Å². The molecule has 0 amide bonds. The summed E-state index contributed by atoms with van der Waals surface area (Å²) < 4.78 is 24.9. The molecule has 0 aromatic carbocycles. The van der Waals surface area contributed by atoms with Crippen molar-refractivity contribution < 1.29 is 17.4 Å². The number of hydrogen-bond acceptors (Lipinski definition) is 4. The summed E-state index contributed by atoms with van der Waals surface area (Å²) in [4.78, 5) is 11.0. The second kappa shape index (κ2) is 13.4. The van der Waals surface area contributed by atoms with E-state index < -0.39 is 16.3 Å². The molecule has 0 aromatic rings. The van der Waals surface area contributed by atoms with Crippen molar-refractivity contribution in [3.8, 4) is 0 Å². The molecule has 0 aromatic heterocycles. The summed E-state index contributed by atoms with van der Waals surface area (Å²) in [5, 5.41) is 4.58. The summed E-state index contributed by atoms with van der Waals surface area (Å²) in [5.41, 5.74) is 0. The van der Waals surface area contributed by atoms with Crippen molar-refractivity contribution in [2.75, 3.05) is 0 Å². The van der Waals surface area contributed by atoms with Crippen molar-refractivity contribution in [2.45, 2.75) is 71.1 Å². The Bertz CT molecular complexity index is 320. The summed E-state index contributed by atoms with van der Waals surface area (Å²) in [7, 11) is -4.13. The molecule has 0 aliphatic heterocycles. The van der Waals surface area contributed by atoms with Gasteiger partial charge in [0.05, 0.1) is 0 Å². The van der Waals surface area contributed by atoms with Crippen molar-refractivity contribution in [2.24, 2.45) is 5.14 Å². The Morgan fingerprint density at radius 3 is 1.79 bits per heavy atom. The molecule has 2 N–H and O–H groups in total. The van der Waals surface area contributed by atoms with Gasteiger partial charge in [0.2, 0.25) is 0 Å². The van der Waals surface area contributed by atoms with Gasteiger partial charge in [-0.25, -0.2) is 0 Å². The van der Waals surface area contributed by atoms with Gasteiger partial charge in [0.15, 0.2) is 0 Å². The first kappa shape index (κ1) is 21.7. The van der Waals surface area contributed by atoms with Crippen LogP contribution in [0.1, 0.15) is 71.1 Å². The zero-order valence-corrected chi connectivity index (χ0v) is 12.0. The van der Waals surface area contributed by atoms with Crippen LogP contribution in [0.15, 0.2) is 0 Å². The first-order chi connectivity index (χ1) is 8.45. The molecule has 0 aliphatic carbocycles. The van der Waals surface area contributed by atoms with Gasteiger partial charge in [-0.3, -0.25) is 4.79 Å². The summed E-state index contributed by atoms with van der Waals surface area (Å²) in [6.45, 7) is 2.20. The van der Waals surface area contributed by atoms with Gasteiger partial charge in [0.1, 0.15) is 0 Å². The molecular formula is C12H26NNaO4S. The Balaban J connectivity index is 0. The molecule has 5 nitrogen and oxygen atoms in total. The van der Waals surface area contributed by atoms with E-state index in [2.05, 4.69) is 16.2 Å². The average Bonchev–Trinajstić information content (AvgIpc) is 2.24. The molecule has 0 aliphatic rings. The van der Waals surface area contributed by atoms with E-state index in [9.17, 15) is 13.2 Å². The van der Waals surface area contributed by atoms with Gasteiger partial charge in [0, 0.05) is 6.42 Å². The molecule has 0 unspecified atom stereocenters. The Morgan fingerprint density at radius 2 is 1.37 bits per heavy atom. The van der Waals surface area contributed by atoms with Gasteiger partial charge in [-0.2, -0.15) is 13.6 Å². The number of rotatable bonds is 11. The normalized spacial score (nSPS) is 10.8. The van der Waals surface area contributed by atoms with E-state index in [1.807, 2.05) is 0 Å². The van der Waals surface area contributed by atoms with Gasteiger partial charge in [0.25, 0.3) is 0 Å². The molecule has 19 heavy (non-hydrogen) atoms. The number of nitrogens with two attached hydrogens (primary N) is 1. The van der Waals surface area contributed by atoms with Crippen molar-refractivity contribution in [3.05, 3.63) is 0 Å². The van der Waals surface area contributed by atoms with E-state index in [0.29, 0.717) is 6.42 Å². The topological polar surface area (TPSA) is 86.5 Å². The SMILES string of the molecule is CCCCCCCCCCCC(=O)OS(N)(=O)=O.[NaH]. The summed E-state index contributed by atoms with van der Waals surface area (Å²) in [6.07, 6.45) is 10.3. The molecule has 0 rings (SSSR count). The van der Waals surface area contributed by atoms with E-state index in [0.717, 1.165) is 12.8 Å². The Labute approximate surface area is 139 Å². The fraction of sp³-hybridized carbons (Fsp3) is 0.917. The molecule has 0 spiro atoms. The van der Waals surface area contributed by atoms with Crippen molar-refractivity contribution in [3.63, 3.8) is 0 Å². The molecule has 0 heterocycles. The molecule has 0 saturated carbocycles. The fourth-order valence-corrected chi connectivity index (χ4v) is 2.09. The molecule has 110 valence electrons. The molecule has 0 saturated heterocycles. The molecule has 7 heteroatoms. The average molecular weight is 303 g/mol. The number of carbonyl (C=O) groups is 1. The van der Waals surface area contributed by atoms with Crippen LogP contribution in [0.5, 0.6) is 0 Å². The van der Waals surface area contributed by atoms with Crippen molar-refractivity contribution in [1.82, 2.24) is 0 Å². The molecule has 0 atom stereocenters. The molecule has 0 fully saturated rings. The third-order valence-corrected chi connectivity index (χ3v) is 3.11. The maximum absolute atomic E-state index is 11.0. The Hall–Kier alpha value is 0.380. The summed E-state index contributed by atoms with van der Waals surface area (Å²) >= 11 is 0. The van der Waals surface area contributed by atoms with Crippen LogP contribution in [0.3, 0.4) is 0 Å². The van der Waals surface area contributed by atoms with E-state index in [4.69, 9.17) is 0 Å². The first-order valence-corrected chi connectivity index (χ1v) is 8.18. The monoisotopic (exact) mass is 303 g/mol. The quantitative estimate of drug-likeness (QED) is 0.467. The van der Waals surface area contributed by atoms with Crippen LogP contribution in [0.2, 0.25) is 0 Å². The van der Waals surface area contributed by atoms with Crippen molar-refractivity contribution in [1.29, 1.82) is 0 Å². The molecule has 0 bridgehead atoms. The standard InChI is InChI=1S/C12H25NO4S.Na.H/c1-2-3-4-5-6-7-8-9-10-11-12(14)17-18(13,15)16;;/h2-11H2,1H3,(H2,13,15,16);;. The van der Waals surface area contributed by atoms with Crippen LogP contribution in [0.25, 0.3) is 0 Å². The van der Waals surface area contributed by atoms with Gasteiger partial charge >= 0.3 is 45.8 Å². The zero-order valence-electron chi connectivity index (χ0n) is 11.2. The van der Waals surface area contributed by atoms with E-state index in [1.54, 1.807) is 0 Å². The van der Waals surface area contributed by atoms with E-state index in [1.165, 1.54) is 38.5 Å². The first-order valence-electron chi connectivity index (χ1n) is 6.70. The van der Waals surface area contributed by atoms with Crippen LogP contribution in [0, 0.1) is 0 Å². The Kier molecular flexibility index (Phi) is 15.2. The van der Waals surface area contributed by atoms with E-state index >= 15 is 0 Å². The Morgan fingerprint density at radius 1 is 0.947 bits per heavy atom. The minimum atomic E-state index is -4.13. The zero-order chi connectivity index (χ0) is 13.9. The number of unbranched alkanes of at least 4 members (excludes halogenated alkanes) is 8. The predicted molar refractivity (Wildman–Crippen MR) is 78.2 cm³/mol. The van der Waals surface area contributed by atoms with Crippen LogP contribution < -0.4 is 5.14 Å². The molecular weight excluding hydrogens is 277 g/mol. The molecule has 0 radical (unpaired) electrons. The second-order valence-corrected chi connectivity index (χ2v) is 5.68. The third kappa shape index (κ3) is 18.4. The van der Waals surface area contributed by atoms with Crippen LogP contribution in [-0.2, 0) is 19.3 Å². The van der Waals surface area contributed by atoms with Gasteiger partial charge < -0.3 is 4.18 Å². The number of carbonyl (C=O) groups excluding carboxylic acids is 1. The fourth-order valence-electron chi connectivity index (χ4n) is 1.75. The van der Waals surface area contributed by atoms with Gasteiger partial charge in [-0.15, -0.1) is 0 Å². The summed E-state index contributed by atoms with van der Waals surface area (Å²) in [6, 6.07) is 0. The van der Waals surface area contributed by atoms with Crippen LogP contribution >= 0.6 is 0 Å².